The summed E-state index contributed by atoms with van der Waals surface area (Å²) in [6.45, 7) is 2.12. The first kappa shape index (κ1) is 26.2. The first-order chi connectivity index (χ1) is 17.0. The molecule has 1 saturated heterocycles. The Morgan fingerprint density at radius 3 is 2.31 bits per heavy atom. The van der Waals surface area contributed by atoms with E-state index < -0.39 is 5.30 Å². The van der Waals surface area contributed by atoms with Crippen molar-refractivity contribution in [3.8, 4) is 33.8 Å². The highest BCUT2D eigenvalue weighted by Crippen LogP contribution is 2.32. The Morgan fingerprint density at radius 2 is 1.67 bits per heavy atom. The molecule has 0 unspecified atom stereocenters. The maximum absolute atomic E-state index is 6.50. The highest BCUT2D eigenvalue weighted by atomic mass is 16.6. The van der Waals surface area contributed by atoms with Crippen molar-refractivity contribution in [1.82, 2.24) is 4.98 Å². The summed E-state index contributed by atoms with van der Waals surface area (Å²) >= 11 is 0. The summed E-state index contributed by atoms with van der Waals surface area (Å²) in [6, 6.07) is 9.73. The van der Waals surface area contributed by atoms with E-state index in [-0.39, 0.29) is 6.10 Å². The molecule has 0 radical (unpaired) electrons. The van der Waals surface area contributed by atoms with E-state index in [2.05, 4.69) is 34.6 Å². The maximum atomic E-state index is 6.50. The predicted molar refractivity (Wildman–Crippen MR) is 164 cm³/mol. The standard InChI is InChI=1S/C23H31B6N3O4/c24-17-16(12-7-15(22(31)32-8-12)11-1-3-13(30)4-2-11)18(25)21(36-23(27,28)29)20(19(17)26)35-10-14-9-33-5-6-34-14/h1-4,7-8,14H,5-6,9-10,24-30H2,(H2,31,32)/t14-/m1/s1. The van der Waals surface area contributed by atoms with Crippen LogP contribution in [0.15, 0.2) is 36.5 Å². The number of ether oxygens (including phenoxy) is 4. The van der Waals surface area contributed by atoms with Gasteiger partial charge < -0.3 is 30.4 Å². The fraction of sp³-hybridized carbons (Fsp3) is 0.261. The summed E-state index contributed by atoms with van der Waals surface area (Å²) < 4.78 is 24.2. The second-order valence-electron chi connectivity index (χ2n) is 10.3. The molecule has 3 aromatic rings. The molecule has 1 aliphatic rings. The summed E-state index contributed by atoms with van der Waals surface area (Å²) in [6.07, 6.45) is 1.71. The Labute approximate surface area is 218 Å². The van der Waals surface area contributed by atoms with Gasteiger partial charge in [-0.05, 0) is 45.8 Å². The zero-order valence-electron chi connectivity index (χ0n) is 22.1. The van der Waals surface area contributed by atoms with Crippen LogP contribution >= 0.6 is 0 Å². The van der Waals surface area contributed by atoms with Gasteiger partial charge in [-0.3, -0.25) is 0 Å². The van der Waals surface area contributed by atoms with Crippen LogP contribution in [0.1, 0.15) is 0 Å². The lowest BCUT2D eigenvalue weighted by Gasteiger charge is -2.30. The lowest BCUT2D eigenvalue weighted by atomic mass is 9.52. The van der Waals surface area contributed by atoms with Crippen LogP contribution in [0.4, 0.5) is 11.5 Å². The topological polar surface area (TPSA) is 102 Å². The van der Waals surface area contributed by atoms with Crippen molar-refractivity contribution in [1.29, 1.82) is 0 Å². The molecule has 180 valence electrons. The molecule has 4 N–H and O–H groups in total. The van der Waals surface area contributed by atoms with E-state index in [1.165, 1.54) is 0 Å². The van der Waals surface area contributed by atoms with Crippen LogP contribution < -0.4 is 37.3 Å². The van der Waals surface area contributed by atoms with Crippen molar-refractivity contribution in [3.63, 3.8) is 0 Å². The Morgan fingerprint density at radius 1 is 0.944 bits per heavy atom. The zero-order valence-corrected chi connectivity index (χ0v) is 22.1. The third kappa shape index (κ3) is 5.73. The second-order valence-corrected chi connectivity index (χ2v) is 10.3. The molecule has 2 heterocycles. The van der Waals surface area contributed by atoms with E-state index >= 15 is 0 Å². The van der Waals surface area contributed by atoms with Gasteiger partial charge in [0.15, 0.2) is 11.5 Å². The maximum Gasteiger partial charge on any atom is 0.153 e. The molecule has 1 aromatic heterocycles. The number of nitrogen functional groups attached to an aromatic ring is 2. The number of aromatic nitrogens is 1. The third-order valence-corrected chi connectivity index (χ3v) is 6.34. The Hall–Kier alpha value is -2.90. The Balaban J connectivity index is 1.81. The zero-order chi connectivity index (χ0) is 26.0. The van der Waals surface area contributed by atoms with Gasteiger partial charge in [0, 0.05) is 22.7 Å². The average molecular weight is 478 g/mol. The van der Waals surface area contributed by atoms with Gasteiger partial charge in [0.05, 0.1) is 19.8 Å². The highest BCUT2D eigenvalue weighted by molar-refractivity contribution is 6.59. The number of pyridine rings is 1. The van der Waals surface area contributed by atoms with E-state index in [0.717, 1.165) is 50.1 Å². The Kier molecular flexibility index (Phi) is 7.71. The number of anilines is 2. The fourth-order valence-electron chi connectivity index (χ4n) is 4.44. The minimum Gasteiger partial charge on any atom is -0.511 e. The molecule has 0 bridgehead atoms. The minimum atomic E-state index is -0.416. The van der Waals surface area contributed by atoms with E-state index in [1.807, 2.05) is 54.0 Å². The summed E-state index contributed by atoms with van der Waals surface area (Å²) in [7, 11) is 12.3. The van der Waals surface area contributed by atoms with Crippen molar-refractivity contribution in [2.24, 2.45) is 0 Å². The van der Waals surface area contributed by atoms with Gasteiger partial charge in [0.2, 0.25) is 0 Å². The van der Waals surface area contributed by atoms with Crippen LogP contribution in [-0.2, 0) is 9.47 Å². The average Bonchev–Trinajstić information content (AvgIpc) is 2.84. The van der Waals surface area contributed by atoms with Gasteiger partial charge in [-0.2, -0.15) is 0 Å². The van der Waals surface area contributed by atoms with Crippen molar-refractivity contribution >= 4 is 75.0 Å². The van der Waals surface area contributed by atoms with Gasteiger partial charge >= 0.3 is 0 Å². The third-order valence-electron chi connectivity index (χ3n) is 6.34. The largest absolute Gasteiger partial charge is 0.511 e. The second kappa shape index (κ2) is 10.6. The number of nitrogens with zero attached hydrogens (tertiary/aromatic N) is 1. The molecular weight excluding hydrogens is 447 g/mol. The molecule has 0 spiro atoms. The van der Waals surface area contributed by atoms with E-state index in [9.17, 15) is 0 Å². The van der Waals surface area contributed by atoms with Gasteiger partial charge in [0.1, 0.15) is 65.6 Å². The lowest BCUT2D eigenvalue weighted by Crippen LogP contribution is -2.43. The molecule has 1 aliphatic heterocycles. The van der Waals surface area contributed by atoms with Gasteiger partial charge in [-0.1, -0.05) is 17.6 Å². The molecule has 4 rings (SSSR count). The number of nitrogens with two attached hydrogens (primary N) is 2. The van der Waals surface area contributed by atoms with Crippen molar-refractivity contribution in [3.05, 3.63) is 36.5 Å². The molecule has 0 saturated carbocycles. The van der Waals surface area contributed by atoms with E-state index in [1.54, 1.807) is 0 Å². The summed E-state index contributed by atoms with van der Waals surface area (Å²) in [4.78, 5) is 4.53. The molecule has 36 heavy (non-hydrogen) atoms. The predicted octanol–water partition coefficient (Wildman–Crippen LogP) is -4.96. The van der Waals surface area contributed by atoms with Gasteiger partial charge in [-0.15, -0.1) is 0 Å². The number of hydrogen-bond donors (Lipinski definition) is 2. The smallest absolute Gasteiger partial charge is 0.153 e. The number of rotatable bonds is 7. The molecule has 0 aliphatic carbocycles. The lowest BCUT2D eigenvalue weighted by molar-refractivity contribution is -0.101. The van der Waals surface area contributed by atoms with Crippen LogP contribution in [0.3, 0.4) is 0 Å². The van der Waals surface area contributed by atoms with Gasteiger partial charge in [0.25, 0.3) is 0 Å². The van der Waals surface area contributed by atoms with Crippen molar-refractivity contribution < 1.29 is 18.9 Å². The fourth-order valence-corrected chi connectivity index (χ4v) is 4.44. The van der Waals surface area contributed by atoms with Gasteiger partial charge in [-0.25, -0.2) is 4.98 Å². The summed E-state index contributed by atoms with van der Waals surface area (Å²) in [5.74, 6) is 1.93. The van der Waals surface area contributed by atoms with Crippen LogP contribution in [-0.4, -0.2) is 89.9 Å². The first-order valence-corrected chi connectivity index (χ1v) is 12.3. The summed E-state index contributed by atoms with van der Waals surface area (Å²) in [5, 5.41) is -0.416. The van der Waals surface area contributed by atoms with Crippen LogP contribution in [0.25, 0.3) is 22.3 Å². The molecule has 13 heteroatoms. The molecule has 7 nitrogen and oxygen atoms in total. The molecule has 1 atom stereocenters. The number of benzene rings is 2. The Bertz CT molecular complexity index is 1250. The highest BCUT2D eigenvalue weighted by Gasteiger charge is 2.26. The summed E-state index contributed by atoms with van der Waals surface area (Å²) in [5.41, 5.74) is 19.8. The van der Waals surface area contributed by atoms with E-state index in [0.29, 0.717) is 37.9 Å². The SMILES string of the molecule is Bc1c(B)c(-c2cnc(N)c(-c3ccc(N)cc3)c2)c(B)c(OC(B)(B)B)c1OC[C@H]1COCCO1. The monoisotopic (exact) mass is 479 g/mol. The molecule has 2 aromatic carbocycles. The molecule has 1 fully saturated rings. The normalized spacial score (nSPS) is 15.9. The quantitative estimate of drug-likeness (QED) is 0.259. The van der Waals surface area contributed by atoms with Crippen molar-refractivity contribution in [2.75, 3.05) is 37.9 Å². The number of hydrogen-bond acceptors (Lipinski definition) is 7. The van der Waals surface area contributed by atoms with E-state index in [4.69, 9.17) is 30.4 Å². The first-order valence-electron chi connectivity index (χ1n) is 12.3. The van der Waals surface area contributed by atoms with Crippen LogP contribution in [0.5, 0.6) is 11.5 Å². The van der Waals surface area contributed by atoms with Crippen molar-refractivity contribution in [2.45, 2.75) is 11.4 Å². The molecular formula is C23H31B6N3O4. The van der Waals surface area contributed by atoms with Crippen LogP contribution in [0.2, 0.25) is 0 Å². The molecule has 0 amide bonds. The minimum absolute atomic E-state index is 0.107. The van der Waals surface area contributed by atoms with Crippen LogP contribution in [0, 0.1) is 0 Å².